The summed E-state index contributed by atoms with van der Waals surface area (Å²) >= 11 is 18.1. The molecule has 2 aromatic carbocycles. The van der Waals surface area contributed by atoms with Crippen molar-refractivity contribution in [2.75, 3.05) is 7.05 Å². The number of carbonyl (C=O) groups is 2. The third-order valence-corrected chi connectivity index (χ3v) is 5.38. The van der Waals surface area contributed by atoms with Gasteiger partial charge in [0.1, 0.15) is 6.29 Å². The van der Waals surface area contributed by atoms with E-state index in [2.05, 4.69) is 0 Å². The minimum atomic E-state index is -0.257. The van der Waals surface area contributed by atoms with Crippen LogP contribution in [0.5, 0.6) is 0 Å². The van der Waals surface area contributed by atoms with Crippen LogP contribution in [-0.2, 0) is 4.79 Å². The van der Waals surface area contributed by atoms with E-state index in [0.717, 1.165) is 17.4 Å². The number of amides is 1. The number of halogens is 3. The fourth-order valence-electron chi connectivity index (χ4n) is 3.28. The van der Waals surface area contributed by atoms with Gasteiger partial charge in [-0.25, -0.2) is 0 Å². The van der Waals surface area contributed by atoms with Crippen LogP contribution in [0.3, 0.4) is 0 Å². The molecule has 1 amide bonds. The molecule has 0 N–H and O–H groups in total. The van der Waals surface area contributed by atoms with Crippen molar-refractivity contribution in [2.45, 2.75) is 18.4 Å². The monoisotopic (exact) mass is 381 g/mol. The number of carbonyl (C=O) groups excluding carboxylic acids is 2. The van der Waals surface area contributed by atoms with E-state index in [0.29, 0.717) is 20.6 Å². The molecule has 0 saturated heterocycles. The molecule has 0 radical (unpaired) electrons. The number of likely N-dealkylation sites (N-methyl/N-ethyl adjacent to an activating group) is 1. The third kappa shape index (κ3) is 2.92. The first kappa shape index (κ1) is 17.3. The number of fused-ring (bicyclic) bond motifs is 1. The Morgan fingerprint density at radius 3 is 2.54 bits per heavy atom. The number of hydrogen-bond donors (Lipinski definition) is 0. The van der Waals surface area contributed by atoms with Gasteiger partial charge in [0.2, 0.25) is 0 Å². The number of rotatable bonds is 4. The molecule has 6 heteroatoms. The molecule has 3 rings (SSSR count). The first-order valence-corrected chi connectivity index (χ1v) is 8.52. The lowest BCUT2D eigenvalue weighted by Crippen LogP contribution is -2.28. The summed E-state index contributed by atoms with van der Waals surface area (Å²) in [6.07, 6.45) is 1.13. The van der Waals surface area contributed by atoms with Gasteiger partial charge >= 0.3 is 0 Å². The molecule has 2 unspecified atom stereocenters. The average Bonchev–Trinajstić information content (AvgIpc) is 2.79. The Labute approximate surface area is 155 Å². The molecule has 0 aromatic heterocycles. The van der Waals surface area contributed by atoms with Crippen molar-refractivity contribution in [3.63, 3.8) is 0 Å². The highest BCUT2D eigenvalue weighted by molar-refractivity contribution is 6.42. The maximum absolute atomic E-state index is 12.6. The number of benzene rings is 2. The Morgan fingerprint density at radius 2 is 1.88 bits per heavy atom. The van der Waals surface area contributed by atoms with Crippen LogP contribution in [0, 0.1) is 0 Å². The number of hydrogen-bond acceptors (Lipinski definition) is 2. The zero-order valence-electron chi connectivity index (χ0n) is 12.8. The Morgan fingerprint density at radius 1 is 1.12 bits per heavy atom. The van der Waals surface area contributed by atoms with Crippen molar-refractivity contribution in [3.8, 4) is 0 Å². The van der Waals surface area contributed by atoms with Gasteiger partial charge in [0.15, 0.2) is 0 Å². The summed E-state index contributed by atoms with van der Waals surface area (Å²) in [6, 6.07) is 10.3. The van der Waals surface area contributed by atoms with Crippen molar-refractivity contribution in [1.29, 1.82) is 0 Å². The van der Waals surface area contributed by atoms with E-state index < -0.39 is 0 Å². The van der Waals surface area contributed by atoms with E-state index in [1.54, 1.807) is 36.2 Å². The zero-order chi connectivity index (χ0) is 17.4. The predicted molar refractivity (Wildman–Crippen MR) is 96.2 cm³/mol. The first-order valence-electron chi connectivity index (χ1n) is 7.39. The molecule has 2 aromatic rings. The zero-order valence-corrected chi connectivity index (χ0v) is 15.1. The lowest BCUT2D eigenvalue weighted by atomic mass is 9.85. The Kier molecular flexibility index (Phi) is 4.86. The Balaban J connectivity index is 2.11. The molecule has 0 bridgehead atoms. The van der Waals surface area contributed by atoms with Crippen molar-refractivity contribution in [1.82, 2.24) is 4.90 Å². The third-order valence-electron chi connectivity index (χ3n) is 4.41. The topological polar surface area (TPSA) is 37.4 Å². The molecule has 24 heavy (non-hydrogen) atoms. The maximum Gasteiger partial charge on any atom is 0.254 e. The normalized spacial score (nSPS) is 17.8. The van der Waals surface area contributed by atoms with Crippen LogP contribution < -0.4 is 0 Å². The van der Waals surface area contributed by atoms with Crippen LogP contribution in [0.1, 0.15) is 39.9 Å². The largest absolute Gasteiger partial charge is 0.334 e. The van der Waals surface area contributed by atoms with Gasteiger partial charge in [-0.1, -0.05) is 46.9 Å². The lowest BCUT2D eigenvalue weighted by Gasteiger charge is -2.29. The standard InChI is InChI=1S/C18H14Cl3NO2/c1-22-17(13-4-3-11(19)9-14(13)18(22)24)12(6-7-23)10-2-5-15(20)16(21)8-10/h2-5,7-9,12,17H,6H2,1H3. The van der Waals surface area contributed by atoms with Crippen LogP contribution >= 0.6 is 34.8 Å². The van der Waals surface area contributed by atoms with E-state index in [1.165, 1.54) is 0 Å². The molecule has 0 aliphatic carbocycles. The fraction of sp³-hybridized carbons (Fsp3) is 0.222. The molecule has 0 fully saturated rings. The van der Waals surface area contributed by atoms with Gasteiger partial charge in [0, 0.05) is 30.0 Å². The van der Waals surface area contributed by atoms with Crippen LogP contribution in [0.25, 0.3) is 0 Å². The molecular weight excluding hydrogens is 369 g/mol. The molecule has 2 atom stereocenters. The number of nitrogens with zero attached hydrogens (tertiary/aromatic N) is 1. The summed E-state index contributed by atoms with van der Waals surface area (Å²) in [6.45, 7) is 0. The molecule has 0 saturated carbocycles. The average molecular weight is 383 g/mol. The Bertz CT molecular complexity index is 822. The van der Waals surface area contributed by atoms with E-state index >= 15 is 0 Å². The molecule has 124 valence electrons. The van der Waals surface area contributed by atoms with Crippen LogP contribution in [0.2, 0.25) is 15.1 Å². The van der Waals surface area contributed by atoms with Gasteiger partial charge < -0.3 is 9.69 Å². The minimum Gasteiger partial charge on any atom is -0.334 e. The van der Waals surface area contributed by atoms with E-state index in [9.17, 15) is 9.59 Å². The van der Waals surface area contributed by atoms with E-state index in [-0.39, 0.29) is 24.3 Å². The second-order valence-corrected chi connectivity index (χ2v) is 7.03. The van der Waals surface area contributed by atoms with E-state index in [1.807, 2.05) is 12.1 Å². The summed E-state index contributed by atoms with van der Waals surface area (Å²) in [4.78, 5) is 25.5. The van der Waals surface area contributed by atoms with Gasteiger partial charge in [-0.2, -0.15) is 0 Å². The fourth-order valence-corrected chi connectivity index (χ4v) is 3.76. The number of aldehydes is 1. The van der Waals surface area contributed by atoms with Crippen LogP contribution in [-0.4, -0.2) is 24.1 Å². The molecule has 0 spiro atoms. The SMILES string of the molecule is CN1C(=O)c2cc(Cl)ccc2C1C(CC=O)c1ccc(Cl)c(Cl)c1. The first-order chi connectivity index (χ1) is 11.4. The second kappa shape index (κ2) is 6.75. The summed E-state index contributed by atoms with van der Waals surface area (Å²) in [5.41, 5.74) is 2.31. The highest BCUT2D eigenvalue weighted by Gasteiger charge is 2.39. The second-order valence-electron chi connectivity index (χ2n) is 5.77. The molecule has 1 aliphatic heterocycles. The van der Waals surface area contributed by atoms with Gasteiger partial charge in [-0.3, -0.25) is 4.79 Å². The van der Waals surface area contributed by atoms with Crippen LogP contribution in [0.4, 0.5) is 0 Å². The van der Waals surface area contributed by atoms with Gasteiger partial charge in [0.25, 0.3) is 5.91 Å². The van der Waals surface area contributed by atoms with E-state index in [4.69, 9.17) is 34.8 Å². The summed E-state index contributed by atoms with van der Waals surface area (Å²) in [5, 5.41) is 1.39. The smallest absolute Gasteiger partial charge is 0.254 e. The summed E-state index contributed by atoms with van der Waals surface area (Å²) < 4.78 is 0. The summed E-state index contributed by atoms with van der Waals surface area (Å²) in [5.74, 6) is -0.317. The molecule has 1 heterocycles. The summed E-state index contributed by atoms with van der Waals surface area (Å²) in [7, 11) is 1.73. The molecule has 3 nitrogen and oxygen atoms in total. The highest BCUT2D eigenvalue weighted by atomic mass is 35.5. The van der Waals surface area contributed by atoms with Gasteiger partial charge in [0.05, 0.1) is 16.1 Å². The van der Waals surface area contributed by atoms with Crippen molar-refractivity contribution >= 4 is 47.0 Å². The quantitative estimate of drug-likeness (QED) is 0.686. The Hall–Kier alpha value is -1.55. The maximum atomic E-state index is 12.6. The van der Waals surface area contributed by atoms with Crippen molar-refractivity contribution in [2.24, 2.45) is 0 Å². The molecular formula is C18H14Cl3NO2. The van der Waals surface area contributed by atoms with Crippen molar-refractivity contribution < 1.29 is 9.59 Å². The van der Waals surface area contributed by atoms with Crippen LogP contribution in [0.15, 0.2) is 36.4 Å². The van der Waals surface area contributed by atoms with Gasteiger partial charge in [-0.15, -0.1) is 0 Å². The van der Waals surface area contributed by atoms with Crippen molar-refractivity contribution in [3.05, 3.63) is 68.2 Å². The minimum absolute atomic E-state index is 0.103. The lowest BCUT2D eigenvalue weighted by molar-refractivity contribution is -0.108. The van der Waals surface area contributed by atoms with Gasteiger partial charge in [-0.05, 0) is 35.4 Å². The predicted octanol–water partition coefficient (Wildman–Crippen LogP) is 5.15. The highest BCUT2D eigenvalue weighted by Crippen LogP contribution is 2.45. The molecule has 1 aliphatic rings.